The van der Waals surface area contributed by atoms with Crippen LogP contribution in [0.15, 0.2) is 59.4 Å². The van der Waals surface area contributed by atoms with Crippen molar-refractivity contribution in [2.45, 2.75) is 20.4 Å². The van der Waals surface area contributed by atoms with Crippen LogP contribution < -0.4 is 15.6 Å². The SMILES string of the molecule is CCOc1ccc(NC(=O)N2CCN(Cc3cc(=O)n4nc(-c5ccccc5C)sc4n3)CC2)cc1. The molecule has 3 heterocycles. The van der Waals surface area contributed by atoms with Crippen LogP contribution in [0.5, 0.6) is 5.75 Å². The molecule has 0 aliphatic carbocycles. The van der Waals surface area contributed by atoms with Crippen molar-refractivity contribution in [3.63, 3.8) is 0 Å². The maximum absolute atomic E-state index is 12.7. The van der Waals surface area contributed by atoms with Gasteiger partial charge in [0.15, 0.2) is 0 Å². The van der Waals surface area contributed by atoms with Crippen LogP contribution in [0.25, 0.3) is 15.5 Å². The van der Waals surface area contributed by atoms with Gasteiger partial charge < -0.3 is 15.0 Å². The molecular formula is C26H28N6O3S. The van der Waals surface area contributed by atoms with Crippen LogP contribution in [0, 0.1) is 6.92 Å². The first-order valence-electron chi connectivity index (χ1n) is 12.0. The number of benzene rings is 2. The standard InChI is InChI=1S/C26H28N6O3S/c1-3-35-21-10-8-19(9-11-21)27-25(34)31-14-12-30(13-15-31)17-20-16-23(33)32-26(28-20)36-24(29-32)22-7-5-4-6-18(22)2/h4-11,16H,3,12-15,17H2,1-2H3,(H,27,34). The summed E-state index contributed by atoms with van der Waals surface area (Å²) in [6.07, 6.45) is 0. The summed E-state index contributed by atoms with van der Waals surface area (Å²) in [6, 6.07) is 16.8. The van der Waals surface area contributed by atoms with Gasteiger partial charge in [0.05, 0.1) is 12.3 Å². The van der Waals surface area contributed by atoms with Crippen LogP contribution in [0.3, 0.4) is 0 Å². The monoisotopic (exact) mass is 504 g/mol. The summed E-state index contributed by atoms with van der Waals surface area (Å²) in [5, 5.41) is 8.22. The lowest BCUT2D eigenvalue weighted by Gasteiger charge is -2.34. The molecule has 0 unspecified atom stereocenters. The van der Waals surface area contributed by atoms with Gasteiger partial charge in [0, 0.05) is 50.0 Å². The fourth-order valence-electron chi connectivity index (χ4n) is 4.20. The highest BCUT2D eigenvalue weighted by Gasteiger charge is 2.22. The van der Waals surface area contributed by atoms with E-state index in [1.54, 1.807) is 11.0 Å². The predicted molar refractivity (Wildman–Crippen MR) is 141 cm³/mol. The average molecular weight is 505 g/mol. The van der Waals surface area contributed by atoms with Crippen LogP contribution >= 0.6 is 11.3 Å². The molecule has 1 aliphatic heterocycles. The van der Waals surface area contributed by atoms with E-state index in [9.17, 15) is 9.59 Å². The van der Waals surface area contributed by atoms with Gasteiger partial charge in [0.25, 0.3) is 5.56 Å². The molecule has 4 aromatic rings. The number of fused-ring (bicyclic) bond motifs is 1. The Morgan fingerprint density at radius 3 is 2.56 bits per heavy atom. The van der Waals surface area contributed by atoms with E-state index in [1.165, 1.54) is 15.9 Å². The van der Waals surface area contributed by atoms with Crippen LogP contribution in [-0.4, -0.2) is 63.2 Å². The van der Waals surface area contributed by atoms with Crippen molar-refractivity contribution in [3.8, 4) is 16.3 Å². The molecule has 5 rings (SSSR count). The molecule has 1 aliphatic rings. The Labute approximate surface area is 213 Å². The van der Waals surface area contributed by atoms with Crippen molar-refractivity contribution in [2.24, 2.45) is 0 Å². The van der Waals surface area contributed by atoms with Crippen molar-refractivity contribution in [1.82, 2.24) is 24.4 Å². The largest absolute Gasteiger partial charge is 0.494 e. The molecule has 0 saturated carbocycles. The quantitative estimate of drug-likeness (QED) is 0.429. The van der Waals surface area contributed by atoms with E-state index in [0.29, 0.717) is 50.0 Å². The molecule has 0 radical (unpaired) electrons. The Bertz CT molecular complexity index is 1420. The van der Waals surface area contributed by atoms with Gasteiger partial charge in [-0.05, 0) is 43.7 Å². The summed E-state index contributed by atoms with van der Waals surface area (Å²) in [5.41, 5.74) is 3.38. The Morgan fingerprint density at radius 1 is 1.08 bits per heavy atom. The first-order chi connectivity index (χ1) is 17.5. The Morgan fingerprint density at radius 2 is 1.83 bits per heavy atom. The summed E-state index contributed by atoms with van der Waals surface area (Å²) in [7, 11) is 0. The number of rotatable bonds is 6. The number of amides is 2. The summed E-state index contributed by atoms with van der Waals surface area (Å²) < 4.78 is 6.82. The molecule has 0 atom stereocenters. The van der Waals surface area contributed by atoms with E-state index >= 15 is 0 Å². The molecule has 1 saturated heterocycles. The fraction of sp³-hybridized carbons (Fsp3) is 0.308. The summed E-state index contributed by atoms with van der Waals surface area (Å²) >= 11 is 1.42. The van der Waals surface area contributed by atoms with E-state index in [-0.39, 0.29) is 11.6 Å². The van der Waals surface area contributed by atoms with Crippen molar-refractivity contribution < 1.29 is 9.53 Å². The lowest BCUT2D eigenvalue weighted by molar-refractivity contribution is 0.142. The molecule has 2 aromatic heterocycles. The molecule has 2 amide bonds. The molecule has 10 heteroatoms. The van der Waals surface area contributed by atoms with Crippen molar-refractivity contribution in [3.05, 3.63) is 76.2 Å². The molecule has 1 fully saturated rings. The molecule has 9 nitrogen and oxygen atoms in total. The highest BCUT2D eigenvalue weighted by Crippen LogP contribution is 2.27. The van der Waals surface area contributed by atoms with Crippen LogP contribution in [0.2, 0.25) is 0 Å². The normalized spacial score (nSPS) is 14.2. The Kier molecular flexibility index (Phi) is 6.97. The van der Waals surface area contributed by atoms with Gasteiger partial charge >= 0.3 is 6.03 Å². The molecular weight excluding hydrogens is 476 g/mol. The van der Waals surface area contributed by atoms with E-state index in [0.717, 1.165) is 27.6 Å². The number of hydrogen-bond acceptors (Lipinski definition) is 7. The minimum Gasteiger partial charge on any atom is -0.494 e. The third-order valence-electron chi connectivity index (χ3n) is 6.14. The van der Waals surface area contributed by atoms with Gasteiger partial charge in [-0.25, -0.2) is 9.78 Å². The second-order valence-electron chi connectivity index (χ2n) is 8.65. The number of carbonyl (C=O) groups is 1. The number of nitrogens with one attached hydrogen (secondary N) is 1. The van der Waals surface area contributed by atoms with E-state index in [1.807, 2.05) is 62.4 Å². The molecule has 36 heavy (non-hydrogen) atoms. The summed E-state index contributed by atoms with van der Waals surface area (Å²) in [6.45, 7) is 7.73. The fourth-order valence-corrected chi connectivity index (χ4v) is 5.22. The number of aromatic nitrogens is 3. The molecule has 186 valence electrons. The number of hydrogen-bond donors (Lipinski definition) is 1. The zero-order valence-corrected chi connectivity index (χ0v) is 21.1. The third-order valence-corrected chi connectivity index (χ3v) is 7.08. The third kappa shape index (κ3) is 5.24. The van der Waals surface area contributed by atoms with Crippen molar-refractivity contribution >= 4 is 28.0 Å². The summed E-state index contributed by atoms with van der Waals surface area (Å²) in [5.74, 6) is 0.778. The van der Waals surface area contributed by atoms with Gasteiger partial charge in [-0.15, -0.1) is 0 Å². The van der Waals surface area contributed by atoms with Gasteiger partial charge in [0.2, 0.25) is 4.96 Å². The van der Waals surface area contributed by atoms with Gasteiger partial charge in [-0.2, -0.15) is 9.61 Å². The van der Waals surface area contributed by atoms with Crippen molar-refractivity contribution in [1.29, 1.82) is 0 Å². The van der Waals surface area contributed by atoms with E-state index < -0.39 is 0 Å². The maximum Gasteiger partial charge on any atom is 0.321 e. The number of ether oxygens (including phenoxy) is 1. The highest BCUT2D eigenvalue weighted by atomic mass is 32.1. The smallest absolute Gasteiger partial charge is 0.321 e. The zero-order chi connectivity index (χ0) is 25.1. The van der Waals surface area contributed by atoms with Crippen LogP contribution in [0.1, 0.15) is 18.2 Å². The maximum atomic E-state index is 12.7. The highest BCUT2D eigenvalue weighted by molar-refractivity contribution is 7.19. The van der Waals surface area contributed by atoms with Crippen LogP contribution in [-0.2, 0) is 6.54 Å². The topological polar surface area (TPSA) is 92.1 Å². The number of piperazine rings is 1. The minimum absolute atomic E-state index is 0.120. The number of aryl methyl sites for hydroxylation is 1. The molecule has 0 bridgehead atoms. The van der Waals surface area contributed by atoms with E-state index in [2.05, 4.69) is 15.3 Å². The number of urea groups is 1. The number of anilines is 1. The zero-order valence-electron chi connectivity index (χ0n) is 20.3. The second kappa shape index (κ2) is 10.5. The number of nitrogens with zero attached hydrogens (tertiary/aromatic N) is 5. The lowest BCUT2D eigenvalue weighted by atomic mass is 10.1. The Hall–Kier alpha value is -3.76. The van der Waals surface area contributed by atoms with E-state index in [4.69, 9.17) is 9.72 Å². The predicted octanol–water partition coefficient (Wildman–Crippen LogP) is 3.87. The van der Waals surface area contributed by atoms with Gasteiger partial charge in [-0.1, -0.05) is 35.6 Å². The van der Waals surface area contributed by atoms with Gasteiger partial charge in [-0.3, -0.25) is 9.69 Å². The average Bonchev–Trinajstić information content (AvgIpc) is 3.31. The second-order valence-corrected chi connectivity index (χ2v) is 9.61. The van der Waals surface area contributed by atoms with Gasteiger partial charge in [0.1, 0.15) is 10.8 Å². The Balaban J connectivity index is 1.20. The van der Waals surface area contributed by atoms with Crippen LogP contribution in [0.4, 0.5) is 10.5 Å². The first-order valence-corrected chi connectivity index (χ1v) is 12.8. The van der Waals surface area contributed by atoms with Crippen molar-refractivity contribution in [2.75, 3.05) is 38.1 Å². The minimum atomic E-state index is -0.181. The number of carbonyl (C=O) groups excluding carboxylic acids is 1. The lowest BCUT2D eigenvalue weighted by Crippen LogP contribution is -2.49. The summed E-state index contributed by atoms with van der Waals surface area (Å²) in [4.78, 5) is 34.7. The molecule has 0 spiro atoms. The molecule has 1 N–H and O–H groups in total. The first kappa shape index (κ1) is 24.0. The molecule has 2 aromatic carbocycles.